The maximum Gasteiger partial charge on any atom is 0.148 e. The summed E-state index contributed by atoms with van der Waals surface area (Å²) in [6, 6.07) is 0. The third-order valence-electron chi connectivity index (χ3n) is 10.8. The third kappa shape index (κ3) is 3.67. The maximum atomic E-state index is 11.1. The Balaban J connectivity index is 1.29. The summed E-state index contributed by atoms with van der Waals surface area (Å²) in [6.07, 6.45) is 14.0. The molecule has 4 aliphatic carbocycles. The van der Waals surface area contributed by atoms with Crippen molar-refractivity contribution in [3.8, 4) is 0 Å². The van der Waals surface area contributed by atoms with Gasteiger partial charge in [0.25, 0.3) is 0 Å². The number of hydrogen-bond acceptors (Lipinski definition) is 4. The number of aromatic nitrogens is 4. The maximum absolute atomic E-state index is 11.1. The average Bonchev–Trinajstić information content (AvgIpc) is 3.30. The molecule has 0 saturated heterocycles. The van der Waals surface area contributed by atoms with Crippen LogP contribution in [0.25, 0.3) is 0 Å². The van der Waals surface area contributed by atoms with Gasteiger partial charge in [0.05, 0.1) is 5.60 Å². The first-order valence-electron chi connectivity index (χ1n) is 13.3. The Labute approximate surface area is 188 Å². The second-order valence-electron chi connectivity index (χ2n) is 12.3. The number of aryl methyl sites for hydroxylation is 1. The van der Waals surface area contributed by atoms with Crippen molar-refractivity contribution in [1.82, 2.24) is 20.2 Å². The van der Waals surface area contributed by atoms with Crippen LogP contribution >= 0.6 is 0 Å². The Bertz CT molecular complexity index is 779. The Morgan fingerprint density at radius 3 is 2.61 bits per heavy atom. The second-order valence-corrected chi connectivity index (χ2v) is 12.3. The van der Waals surface area contributed by atoms with Gasteiger partial charge in [-0.05, 0) is 128 Å². The van der Waals surface area contributed by atoms with Gasteiger partial charge in [-0.1, -0.05) is 27.2 Å². The molecule has 0 unspecified atom stereocenters. The van der Waals surface area contributed by atoms with Crippen molar-refractivity contribution in [2.45, 2.75) is 110 Å². The molecule has 0 spiro atoms. The van der Waals surface area contributed by atoms with Gasteiger partial charge in [-0.25, -0.2) is 4.68 Å². The minimum Gasteiger partial charge on any atom is -0.390 e. The number of hydrogen-bond donors (Lipinski definition) is 1. The lowest BCUT2D eigenvalue weighted by molar-refractivity contribution is -0.110. The molecule has 1 aromatic rings. The summed E-state index contributed by atoms with van der Waals surface area (Å²) in [5.74, 6) is 6.81. The summed E-state index contributed by atoms with van der Waals surface area (Å²) in [6.45, 7) is 10.3. The molecule has 9 atom stereocenters. The van der Waals surface area contributed by atoms with Crippen LogP contribution in [0.1, 0.15) is 97.2 Å². The van der Waals surface area contributed by atoms with E-state index in [9.17, 15) is 5.11 Å². The number of fused-ring (bicyclic) bond motifs is 5. The van der Waals surface area contributed by atoms with Crippen LogP contribution < -0.4 is 0 Å². The molecule has 5 heteroatoms. The van der Waals surface area contributed by atoms with Crippen molar-refractivity contribution in [2.24, 2.45) is 46.8 Å². The molecule has 4 saturated carbocycles. The van der Waals surface area contributed by atoms with Gasteiger partial charge in [-0.2, -0.15) is 0 Å². The van der Waals surface area contributed by atoms with Crippen LogP contribution in [0.2, 0.25) is 0 Å². The minimum atomic E-state index is -0.353. The van der Waals surface area contributed by atoms with Gasteiger partial charge in [0.2, 0.25) is 0 Å². The minimum absolute atomic E-state index is 0.353. The van der Waals surface area contributed by atoms with Gasteiger partial charge in [0.1, 0.15) is 5.82 Å². The lowest BCUT2D eigenvalue weighted by Gasteiger charge is -2.57. The standard InChI is InChI=1S/C26H44N4O/c1-5-12-26(31)14-11-20-19(15-26)6-7-22-21(20)10-13-25(4)23(8-9-24(22)25)17(2)16-30-18(3)27-28-29-30/h17,19-24,31H,5-16H2,1-4H3/t17-,19-,20-,21+,22+,23+,24-,25+,26+/m0/s1. The van der Waals surface area contributed by atoms with Crippen LogP contribution in [0.5, 0.6) is 0 Å². The predicted octanol–water partition coefficient (Wildman–Crippen LogP) is 5.42. The quantitative estimate of drug-likeness (QED) is 0.680. The van der Waals surface area contributed by atoms with Gasteiger partial charge in [0, 0.05) is 6.54 Å². The third-order valence-corrected chi connectivity index (χ3v) is 10.8. The molecule has 31 heavy (non-hydrogen) atoms. The Hall–Kier alpha value is -0.970. The monoisotopic (exact) mass is 428 g/mol. The molecule has 1 aromatic heterocycles. The van der Waals surface area contributed by atoms with Crippen LogP contribution in [-0.2, 0) is 6.54 Å². The van der Waals surface area contributed by atoms with E-state index in [1.807, 2.05) is 11.6 Å². The van der Waals surface area contributed by atoms with E-state index in [0.717, 1.165) is 73.6 Å². The molecule has 4 aliphatic rings. The van der Waals surface area contributed by atoms with E-state index in [2.05, 4.69) is 36.3 Å². The largest absolute Gasteiger partial charge is 0.390 e. The first-order chi connectivity index (χ1) is 14.8. The van der Waals surface area contributed by atoms with Gasteiger partial charge in [-0.3, -0.25) is 0 Å². The molecular weight excluding hydrogens is 384 g/mol. The van der Waals surface area contributed by atoms with Crippen LogP contribution in [0.4, 0.5) is 0 Å². The van der Waals surface area contributed by atoms with Crippen molar-refractivity contribution in [1.29, 1.82) is 0 Å². The molecule has 1 N–H and O–H groups in total. The molecule has 4 fully saturated rings. The van der Waals surface area contributed by atoms with E-state index < -0.39 is 0 Å². The average molecular weight is 429 g/mol. The summed E-state index contributed by atoms with van der Waals surface area (Å²) in [4.78, 5) is 0. The summed E-state index contributed by atoms with van der Waals surface area (Å²) in [5, 5.41) is 23.3. The SMILES string of the molecule is CCC[C@@]1(O)CC[C@H]2[C@@H](CC[C@@H]3[C@@H]2CC[C@]2(C)[C@@H]([C@@H](C)Cn4nnnc4C)CC[C@@H]32)C1. The van der Waals surface area contributed by atoms with Crippen LogP contribution in [0, 0.1) is 53.8 Å². The van der Waals surface area contributed by atoms with E-state index >= 15 is 0 Å². The summed E-state index contributed by atoms with van der Waals surface area (Å²) in [5.41, 5.74) is 0.140. The first kappa shape index (κ1) is 21.9. The Morgan fingerprint density at radius 2 is 1.87 bits per heavy atom. The molecule has 0 amide bonds. The number of aliphatic hydroxyl groups is 1. The van der Waals surface area contributed by atoms with Crippen molar-refractivity contribution < 1.29 is 5.11 Å². The van der Waals surface area contributed by atoms with Crippen molar-refractivity contribution in [3.63, 3.8) is 0 Å². The highest BCUT2D eigenvalue weighted by atomic mass is 16.3. The summed E-state index contributed by atoms with van der Waals surface area (Å²) < 4.78 is 2.01. The molecule has 5 rings (SSSR count). The summed E-state index contributed by atoms with van der Waals surface area (Å²) in [7, 11) is 0. The molecule has 0 radical (unpaired) electrons. The number of nitrogens with zero attached hydrogens (tertiary/aromatic N) is 4. The highest BCUT2D eigenvalue weighted by molar-refractivity contribution is 5.07. The van der Waals surface area contributed by atoms with E-state index in [1.54, 1.807) is 0 Å². The highest BCUT2D eigenvalue weighted by Gasteiger charge is 2.58. The highest BCUT2D eigenvalue weighted by Crippen LogP contribution is 2.65. The van der Waals surface area contributed by atoms with Gasteiger partial charge < -0.3 is 5.11 Å². The first-order valence-corrected chi connectivity index (χ1v) is 13.3. The van der Waals surface area contributed by atoms with E-state index in [0.29, 0.717) is 11.3 Å². The van der Waals surface area contributed by atoms with Crippen LogP contribution in [0.3, 0.4) is 0 Å². The second kappa shape index (κ2) is 8.11. The lowest BCUT2D eigenvalue weighted by atomic mass is 9.48. The molecule has 174 valence electrons. The number of tetrazole rings is 1. The zero-order valence-electron chi connectivity index (χ0n) is 20.3. The lowest BCUT2D eigenvalue weighted by Crippen LogP contribution is -2.51. The summed E-state index contributed by atoms with van der Waals surface area (Å²) >= 11 is 0. The predicted molar refractivity (Wildman–Crippen MR) is 122 cm³/mol. The van der Waals surface area contributed by atoms with E-state index in [-0.39, 0.29) is 5.60 Å². The fraction of sp³-hybridized carbons (Fsp3) is 0.962. The topological polar surface area (TPSA) is 63.8 Å². The molecule has 5 nitrogen and oxygen atoms in total. The normalized spacial score (nSPS) is 45.6. The zero-order chi connectivity index (χ0) is 21.8. The molecular formula is C26H44N4O. The van der Waals surface area contributed by atoms with Crippen molar-refractivity contribution in [3.05, 3.63) is 5.82 Å². The molecule has 0 bridgehead atoms. The van der Waals surface area contributed by atoms with Gasteiger partial charge >= 0.3 is 0 Å². The fourth-order valence-electron chi connectivity index (χ4n) is 9.45. The molecule has 0 aliphatic heterocycles. The van der Waals surface area contributed by atoms with Crippen LogP contribution in [0.15, 0.2) is 0 Å². The van der Waals surface area contributed by atoms with E-state index in [1.165, 1.54) is 44.9 Å². The molecule has 1 heterocycles. The van der Waals surface area contributed by atoms with Crippen molar-refractivity contribution in [2.75, 3.05) is 0 Å². The van der Waals surface area contributed by atoms with Crippen molar-refractivity contribution >= 4 is 0 Å². The Kier molecular flexibility index (Phi) is 5.72. The number of rotatable bonds is 5. The Morgan fingerprint density at radius 1 is 1.06 bits per heavy atom. The van der Waals surface area contributed by atoms with Gasteiger partial charge in [-0.15, -0.1) is 5.10 Å². The van der Waals surface area contributed by atoms with Crippen LogP contribution in [-0.4, -0.2) is 30.9 Å². The smallest absolute Gasteiger partial charge is 0.148 e. The zero-order valence-corrected chi connectivity index (χ0v) is 20.3. The van der Waals surface area contributed by atoms with E-state index in [4.69, 9.17) is 0 Å². The molecule has 0 aromatic carbocycles. The fourth-order valence-corrected chi connectivity index (χ4v) is 9.45. The van der Waals surface area contributed by atoms with Gasteiger partial charge in [0.15, 0.2) is 0 Å².